The maximum absolute atomic E-state index is 12.2. The second-order valence-corrected chi connectivity index (χ2v) is 3.59. The van der Waals surface area contributed by atoms with E-state index in [1.807, 2.05) is 0 Å². The summed E-state index contributed by atoms with van der Waals surface area (Å²) in [5, 5.41) is 9.09. The summed E-state index contributed by atoms with van der Waals surface area (Å²) in [6, 6.07) is 4.50. The van der Waals surface area contributed by atoms with Crippen molar-refractivity contribution in [3.05, 3.63) is 28.8 Å². The molecule has 2 nitrogen and oxygen atoms in total. The van der Waals surface area contributed by atoms with Gasteiger partial charge in [-0.2, -0.15) is 13.2 Å². The van der Waals surface area contributed by atoms with Crippen molar-refractivity contribution in [1.82, 2.24) is 0 Å². The first-order valence-electron chi connectivity index (χ1n) is 4.42. The van der Waals surface area contributed by atoms with Crippen molar-refractivity contribution in [2.45, 2.75) is 18.7 Å². The zero-order valence-corrected chi connectivity index (χ0v) is 9.14. The molecule has 16 heavy (non-hydrogen) atoms. The molecule has 0 fully saturated rings. The number of rotatable bonds is 3. The third-order valence-electron chi connectivity index (χ3n) is 2.07. The van der Waals surface area contributed by atoms with Crippen LogP contribution in [-0.4, -0.2) is 24.5 Å². The first-order valence-corrected chi connectivity index (χ1v) is 4.80. The first kappa shape index (κ1) is 13.1. The highest BCUT2D eigenvalue weighted by atomic mass is 35.5. The van der Waals surface area contributed by atoms with Crippen molar-refractivity contribution >= 4 is 11.6 Å². The summed E-state index contributed by atoms with van der Waals surface area (Å²) in [6.07, 6.45) is -7.72. The number of hydrogen-bond donors (Lipinski definition) is 1. The highest BCUT2D eigenvalue weighted by Gasteiger charge is 2.38. The lowest BCUT2D eigenvalue weighted by Gasteiger charge is -2.17. The number of benzene rings is 1. The van der Waals surface area contributed by atoms with Crippen molar-refractivity contribution in [3.63, 3.8) is 0 Å². The van der Waals surface area contributed by atoms with Gasteiger partial charge in [0, 0.05) is 17.0 Å². The summed E-state index contributed by atoms with van der Waals surface area (Å²) in [4.78, 5) is 0. The van der Waals surface area contributed by atoms with Crippen molar-refractivity contribution in [1.29, 1.82) is 0 Å². The lowest BCUT2D eigenvalue weighted by Crippen LogP contribution is -2.30. The topological polar surface area (TPSA) is 29.5 Å². The molecule has 90 valence electrons. The number of methoxy groups -OCH3 is 1. The van der Waals surface area contributed by atoms with Crippen LogP contribution in [0.5, 0.6) is 5.75 Å². The van der Waals surface area contributed by atoms with E-state index in [9.17, 15) is 13.2 Å². The van der Waals surface area contributed by atoms with Gasteiger partial charge in [0.2, 0.25) is 0 Å². The molecule has 0 aliphatic rings. The van der Waals surface area contributed by atoms with Crippen LogP contribution in [0.15, 0.2) is 18.2 Å². The second-order valence-electron chi connectivity index (χ2n) is 3.18. The van der Waals surface area contributed by atoms with E-state index < -0.39 is 18.7 Å². The van der Waals surface area contributed by atoms with Crippen LogP contribution in [0.4, 0.5) is 13.2 Å². The summed E-state index contributed by atoms with van der Waals surface area (Å²) >= 11 is 5.74. The quantitative estimate of drug-likeness (QED) is 0.899. The Morgan fingerprint density at radius 1 is 1.44 bits per heavy atom. The molecule has 0 amide bonds. The third kappa shape index (κ3) is 3.02. The zero-order valence-electron chi connectivity index (χ0n) is 8.38. The van der Waals surface area contributed by atoms with E-state index in [-0.39, 0.29) is 16.3 Å². The van der Waals surface area contributed by atoms with Crippen LogP contribution in [0, 0.1) is 0 Å². The number of halogens is 4. The Labute approximate surface area is 95.6 Å². The maximum Gasteiger partial charge on any atom is 0.414 e. The van der Waals surface area contributed by atoms with E-state index in [1.165, 1.54) is 19.2 Å². The molecule has 0 aromatic heterocycles. The van der Waals surface area contributed by atoms with Gasteiger partial charge in [0.1, 0.15) is 5.75 Å². The van der Waals surface area contributed by atoms with Gasteiger partial charge in [-0.05, 0) is 12.1 Å². The molecule has 1 rings (SSSR count). The van der Waals surface area contributed by atoms with Crippen molar-refractivity contribution in [3.8, 4) is 5.75 Å². The van der Waals surface area contributed by atoms with Crippen LogP contribution in [-0.2, 0) is 6.42 Å². The molecule has 1 aromatic rings. The van der Waals surface area contributed by atoms with E-state index >= 15 is 0 Å². The number of hydrogen-bond acceptors (Lipinski definition) is 2. The number of ether oxygens (including phenoxy) is 1. The minimum absolute atomic E-state index is 0.141. The van der Waals surface area contributed by atoms with Gasteiger partial charge in [-0.1, -0.05) is 17.7 Å². The van der Waals surface area contributed by atoms with E-state index in [4.69, 9.17) is 21.4 Å². The van der Waals surface area contributed by atoms with Crippen molar-refractivity contribution < 1.29 is 23.0 Å². The molecule has 0 saturated carbocycles. The molecule has 6 heteroatoms. The maximum atomic E-state index is 12.2. The monoisotopic (exact) mass is 254 g/mol. The average molecular weight is 255 g/mol. The van der Waals surface area contributed by atoms with Crippen LogP contribution in [0.1, 0.15) is 5.56 Å². The standard InChI is InChI=1S/C10H10ClF3O2/c1-16-8-4-2-3-7(11)6(8)5-9(15)10(12,13)14/h2-4,9,15H,5H2,1H3. The summed E-state index contributed by atoms with van der Waals surface area (Å²) in [6.45, 7) is 0. The summed E-state index contributed by atoms with van der Waals surface area (Å²) in [7, 11) is 1.33. The molecule has 1 atom stereocenters. The Morgan fingerprint density at radius 3 is 2.56 bits per heavy atom. The van der Waals surface area contributed by atoms with Crippen LogP contribution >= 0.6 is 11.6 Å². The van der Waals surface area contributed by atoms with E-state index in [0.29, 0.717) is 0 Å². The average Bonchev–Trinajstić information content (AvgIpc) is 2.19. The molecule has 0 bridgehead atoms. The SMILES string of the molecule is COc1cccc(Cl)c1CC(O)C(F)(F)F. The molecular formula is C10H10ClF3O2. The Morgan fingerprint density at radius 2 is 2.06 bits per heavy atom. The fourth-order valence-corrected chi connectivity index (χ4v) is 1.48. The van der Waals surface area contributed by atoms with Gasteiger partial charge in [-0.3, -0.25) is 0 Å². The zero-order chi connectivity index (χ0) is 12.3. The molecule has 0 radical (unpaired) electrons. The van der Waals surface area contributed by atoms with Gasteiger partial charge in [0.05, 0.1) is 7.11 Å². The lowest BCUT2D eigenvalue weighted by molar-refractivity contribution is -0.203. The minimum Gasteiger partial charge on any atom is -0.496 e. The number of aliphatic hydroxyl groups is 1. The molecule has 1 unspecified atom stereocenters. The fraction of sp³-hybridized carbons (Fsp3) is 0.400. The van der Waals surface area contributed by atoms with Gasteiger partial charge in [0.15, 0.2) is 6.10 Å². The van der Waals surface area contributed by atoms with E-state index in [1.54, 1.807) is 6.07 Å². The minimum atomic E-state index is -4.66. The lowest BCUT2D eigenvalue weighted by atomic mass is 10.1. The number of alkyl halides is 3. The first-order chi connectivity index (χ1) is 7.36. The summed E-state index contributed by atoms with van der Waals surface area (Å²) in [5.74, 6) is 0.232. The van der Waals surface area contributed by atoms with Crippen LogP contribution in [0.25, 0.3) is 0 Å². The highest BCUT2D eigenvalue weighted by molar-refractivity contribution is 6.31. The largest absolute Gasteiger partial charge is 0.496 e. The third-order valence-corrected chi connectivity index (χ3v) is 2.43. The fourth-order valence-electron chi connectivity index (χ4n) is 1.24. The Hall–Kier alpha value is -0.940. The van der Waals surface area contributed by atoms with E-state index in [0.717, 1.165) is 0 Å². The molecule has 0 aliphatic carbocycles. The Kier molecular flexibility index (Phi) is 4.04. The molecule has 1 aromatic carbocycles. The summed E-state index contributed by atoms with van der Waals surface area (Å²) in [5.41, 5.74) is 0.150. The molecule has 0 heterocycles. The molecule has 0 saturated heterocycles. The Balaban J connectivity index is 2.96. The predicted octanol–water partition coefficient (Wildman–Crippen LogP) is 2.81. The van der Waals surface area contributed by atoms with Gasteiger partial charge < -0.3 is 9.84 Å². The molecule has 0 aliphatic heterocycles. The van der Waals surface area contributed by atoms with E-state index in [2.05, 4.69) is 0 Å². The summed E-state index contributed by atoms with van der Waals surface area (Å²) < 4.78 is 41.4. The van der Waals surface area contributed by atoms with Gasteiger partial charge in [-0.25, -0.2) is 0 Å². The second kappa shape index (κ2) is 4.93. The van der Waals surface area contributed by atoms with Gasteiger partial charge in [0.25, 0.3) is 0 Å². The van der Waals surface area contributed by atoms with Gasteiger partial charge >= 0.3 is 6.18 Å². The predicted molar refractivity (Wildman–Crippen MR) is 53.8 cm³/mol. The van der Waals surface area contributed by atoms with Crippen molar-refractivity contribution in [2.75, 3.05) is 7.11 Å². The Bertz CT molecular complexity index is 366. The molecule has 1 N–H and O–H groups in total. The van der Waals surface area contributed by atoms with Crippen LogP contribution in [0.2, 0.25) is 5.02 Å². The van der Waals surface area contributed by atoms with Crippen LogP contribution in [0.3, 0.4) is 0 Å². The van der Waals surface area contributed by atoms with Gasteiger partial charge in [-0.15, -0.1) is 0 Å². The van der Waals surface area contributed by atoms with Crippen LogP contribution < -0.4 is 4.74 Å². The number of aliphatic hydroxyl groups excluding tert-OH is 1. The molecule has 0 spiro atoms. The molecular weight excluding hydrogens is 245 g/mol. The normalized spacial score (nSPS) is 13.6. The van der Waals surface area contributed by atoms with Crippen molar-refractivity contribution in [2.24, 2.45) is 0 Å². The smallest absolute Gasteiger partial charge is 0.414 e. The highest BCUT2D eigenvalue weighted by Crippen LogP contribution is 2.31.